The van der Waals surface area contributed by atoms with E-state index < -0.39 is 17.8 Å². The van der Waals surface area contributed by atoms with Crippen molar-refractivity contribution in [2.45, 2.75) is 18.8 Å². The number of likely N-dealkylation sites (tertiary alicyclic amines) is 1. The molecule has 3 heterocycles. The summed E-state index contributed by atoms with van der Waals surface area (Å²) in [7, 11) is 0. The summed E-state index contributed by atoms with van der Waals surface area (Å²) in [6.45, 7) is 0.571. The second-order valence-corrected chi connectivity index (χ2v) is 6.46. The van der Waals surface area contributed by atoms with Gasteiger partial charge in [0.05, 0.1) is 23.4 Å². The molecule has 0 unspecified atom stereocenters. The SMILES string of the molecule is O=C(Cn1ncc2ncc(-c3cccc(C(F)(F)F)c3)cc21)N1CC(O)C1. The van der Waals surface area contributed by atoms with E-state index in [4.69, 9.17) is 0 Å². The van der Waals surface area contributed by atoms with Crippen molar-refractivity contribution in [2.24, 2.45) is 0 Å². The highest BCUT2D eigenvalue weighted by atomic mass is 19.4. The first-order valence-electron chi connectivity index (χ1n) is 8.26. The van der Waals surface area contributed by atoms with E-state index in [1.165, 1.54) is 28.0 Å². The predicted octanol–water partition coefficient (Wildman–Crippen LogP) is 2.32. The zero-order chi connectivity index (χ0) is 19.2. The molecule has 1 aliphatic heterocycles. The van der Waals surface area contributed by atoms with Gasteiger partial charge in [0.25, 0.3) is 0 Å². The fraction of sp³-hybridized carbons (Fsp3) is 0.278. The average molecular weight is 376 g/mol. The third kappa shape index (κ3) is 3.37. The molecule has 0 radical (unpaired) electrons. The number of aliphatic hydroxyl groups is 1. The number of carbonyl (C=O) groups excluding carboxylic acids is 1. The van der Waals surface area contributed by atoms with Crippen LogP contribution in [0.2, 0.25) is 0 Å². The molecule has 6 nitrogen and oxygen atoms in total. The lowest BCUT2D eigenvalue weighted by Crippen LogP contribution is -2.54. The van der Waals surface area contributed by atoms with Crippen molar-refractivity contribution in [3.8, 4) is 11.1 Å². The molecule has 3 aromatic rings. The van der Waals surface area contributed by atoms with Crippen LogP contribution in [0.3, 0.4) is 0 Å². The van der Waals surface area contributed by atoms with Crippen LogP contribution in [0.5, 0.6) is 0 Å². The Kier molecular flexibility index (Phi) is 4.11. The Bertz CT molecular complexity index is 1010. The molecule has 1 N–H and O–H groups in total. The van der Waals surface area contributed by atoms with Gasteiger partial charge in [-0.2, -0.15) is 18.3 Å². The van der Waals surface area contributed by atoms with Crippen molar-refractivity contribution >= 4 is 16.9 Å². The molecular weight excluding hydrogens is 361 g/mol. The number of rotatable bonds is 3. The first kappa shape index (κ1) is 17.5. The third-order valence-electron chi connectivity index (χ3n) is 4.52. The van der Waals surface area contributed by atoms with Crippen molar-refractivity contribution < 1.29 is 23.1 Å². The standard InChI is InChI=1S/C18H15F3N4O2/c19-18(20,21)13-3-1-2-11(4-13)12-5-16-15(22-6-12)7-23-25(16)10-17(27)24-8-14(26)9-24/h1-7,14,26H,8-10H2. The van der Waals surface area contributed by atoms with Crippen LogP contribution in [-0.4, -0.2) is 49.9 Å². The van der Waals surface area contributed by atoms with E-state index in [0.29, 0.717) is 35.2 Å². The molecule has 4 rings (SSSR count). The van der Waals surface area contributed by atoms with E-state index in [1.54, 1.807) is 12.1 Å². The van der Waals surface area contributed by atoms with Crippen LogP contribution in [-0.2, 0) is 17.5 Å². The second kappa shape index (κ2) is 6.34. The molecule has 0 aliphatic carbocycles. The second-order valence-electron chi connectivity index (χ2n) is 6.46. The van der Waals surface area contributed by atoms with Gasteiger partial charge in [-0.3, -0.25) is 14.5 Å². The molecule has 140 valence electrons. The first-order chi connectivity index (χ1) is 12.8. The van der Waals surface area contributed by atoms with Gasteiger partial charge in [0.15, 0.2) is 0 Å². The highest BCUT2D eigenvalue weighted by Gasteiger charge is 2.31. The largest absolute Gasteiger partial charge is 0.416 e. The van der Waals surface area contributed by atoms with Crippen LogP contribution >= 0.6 is 0 Å². The molecule has 1 saturated heterocycles. The summed E-state index contributed by atoms with van der Waals surface area (Å²) < 4.78 is 40.3. The van der Waals surface area contributed by atoms with Gasteiger partial charge in [-0.05, 0) is 23.8 Å². The minimum absolute atomic E-state index is 0.0239. The number of aliphatic hydroxyl groups excluding tert-OH is 1. The molecule has 0 spiro atoms. The molecule has 27 heavy (non-hydrogen) atoms. The molecule has 0 atom stereocenters. The Labute approximate surface area is 151 Å². The van der Waals surface area contributed by atoms with Crippen LogP contribution in [0.25, 0.3) is 22.2 Å². The Morgan fingerprint density at radius 2 is 1.96 bits per heavy atom. The van der Waals surface area contributed by atoms with E-state index in [-0.39, 0.29) is 12.5 Å². The molecule has 2 aromatic heterocycles. The van der Waals surface area contributed by atoms with Gasteiger partial charge in [-0.15, -0.1) is 0 Å². The van der Waals surface area contributed by atoms with Crippen molar-refractivity contribution in [3.63, 3.8) is 0 Å². The van der Waals surface area contributed by atoms with E-state index >= 15 is 0 Å². The maximum atomic E-state index is 12.9. The molecule has 0 bridgehead atoms. The molecule has 1 amide bonds. The number of nitrogens with zero attached hydrogens (tertiary/aromatic N) is 4. The predicted molar refractivity (Wildman–Crippen MR) is 90.6 cm³/mol. The Hall–Kier alpha value is -2.94. The first-order valence-corrected chi connectivity index (χ1v) is 8.26. The maximum Gasteiger partial charge on any atom is 0.416 e. The quantitative estimate of drug-likeness (QED) is 0.762. The summed E-state index contributed by atoms with van der Waals surface area (Å²) in [4.78, 5) is 18.0. The Morgan fingerprint density at radius 3 is 2.67 bits per heavy atom. The van der Waals surface area contributed by atoms with E-state index in [0.717, 1.165) is 12.1 Å². The highest BCUT2D eigenvalue weighted by molar-refractivity contribution is 5.83. The molecule has 1 aromatic carbocycles. The zero-order valence-corrected chi connectivity index (χ0v) is 14.0. The molecule has 1 aliphatic rings. The number of aromatic nitrogens is 3. The van der Waals surface area contributed by atoms with Crippen LogP contribution in [0, 0.1) is 0 Å². The molecule has 1 fully saturated rings. The third-order valence-corrected chi connectivity index (χ3v) is 4.52. The lowest BCUT2D eigenvalue weighted by molar-refractivity contribution is -0.142. The average Bonchev–Trinajstić information content (AvgIpc) is 3.00. The summed E-state index contributed by atoms with van der Waals surface area (Å²) in [6.07, 6.45) is -1.93. The minimum atomic E-state index is -4.43. The smallest absolute Gasteiger partial charge is 0.389 e. The number of fused-ring (bicyclic) bond motifs is 1. The number of hydrogen-bond acceptors (Lipinski definition) is 4. The van der Waals surface area contributed by atoms with Gasteiger partial charge in [0.2, 0.25) is 5.91 Å². The number of benzene rings is 1. The fourth-order valence-corrected chi connectivity index (χ4v) is 3.00. The lowest BCUT2D eigenvalue weighted by atomic mass is 10.0. The van der Waals surface area contributed by atoms with Crippen LogP contribution in [0.1, 0.15) is 5.56 Å². The van der Waals surface area contributed by atoms with Crippen molar-refractivity contribution in [3.05, 3.63) is 48.3 Å². The van der Waals surface area contributed by atoms with Crippen LogP contribution < -0.4 is 0 Å². The lowest BCUT2D eigenvalue weighted by Gasteiger charge is -2.35. The summed E-state index contributed by atoms with van der Waals surface area (Å²) in [6, 6.07) is 6.67. The van der Waals surface area contributed by atoms with Crippen LogP contribution in [0.15, 0.2) is 42.7 Å². The number of alkyl halides is 3. The maximum absolute atomic E-state index is 12.9. The molecule has 9 heteroatoms. The number of hydrogen-bond donors (Lipinski definition) is 1. The number of pyridine rings is 1. The van der Waals surface area contributed by atoms with Gasteiger partial charge in [0, 0.05) is 24.8 Å². The van der Waals surface area contributed by atoms with Crippen molar-refractivity contribution in [1.82, 2.24) is 19.7 Å². The highest BCUT2D eigenvalue weighted by Crippen LogP contribution is 2.32. The van der Waals surface area contributed by atoms with Gasteiger partial charge in [-0.1, -0.05) is 12.1 Å². The van der Waals surface area contributed by atoms with E-state index in [9.17, 15) is 23.1 Å². The van der Waals surface area contributed by atoms with Gasteiger partial charge in [0.1, 0.15) is 12.1 Å². The molecular formula is C18H15F3N4O2. The summed E-state index contributed by atoms with van der Waals surface area (Å²) in [5.74, 6) is -0.185. The zero-order valence-electron chi connectivity index (χ0n) is 14.0. The summed E-state index contributed by atoms with van der Waals surface area (Å²) in [5.41, 5.74) is 1.24. The number of β-amino-alcohol motifs (C(OH)–C–C–N with tert-alkyl or cyclic N) is 1. The van der Waals surface area contributed by atoms with Crippen molar-refractivity contribution in [2.75, 3.05) is 13.1 Å². The minimum Gasteiger partial charge on any atom is -0.389 e. The van der Waals surface area contributed by atoms with Gasteiger partial charge < -0.3 is 10.0 Å². The Morgan fingerprint density at radius 1 is 1.19 bits per heavy atom. The Balaban J connectivity index is 1.65. The van der Waals surface area contributed by atoms with Gasteiger partial charge in [-0.25, -0.2) is 0 Å². The normalized spacial score (nSPS) is 15.2. The van der Waals surface area contributed by atoms with Crippen LogP contribution in [0.4, 0.5) is 13.2 Å². The fourth-order valence-electron chi connectivity index (χ4n) is 3.00. The number of halogens is 3. The summed E-state index contributed by atoms with van der Waals surface area (Å²) in [5, 5.41) is 13.5. The van der Waals surface area contributed by atoms with Gasteiger partial charge >= 0.3 is 6.18 Å². The van der Waals surface area contributed by atoms with Crippen molar-refractivity contribution in [1.29, 1.82) is 0 Å². The topological polar surface area (TPSA) is 71.2 Å². The van der Waals surface area contributed by atoms with E-state index in [1.807, 2.05) is 0 Å². The summed E-state index contributed by atoms with van der Waals surface area (Å²) >= 11 is 0. The molecule has 0 saturated carbocycles. The monoisotopic (exact) mass is 376 g/mol. The number of carbonyl (C=O) groups is 1. The number of amides is 1. The van der Waals surface area contributed by atoms with E-state index in [2.05, 4.69) is 10.1 Å².